The zero-order valence-corrected chi connectivity index (χ0v) is 18.6. The van der Waals surface area contributed by atoms with Crippen LogP contribution in [-0.4, -0.2) is 66.4 Å². The Bertz CT molecular complexity index is 581. The Morgan fingerprint density at radius 1 is 1.25 bits per heavy atom. The lowest BCUT2D eigenvalue weighted by atomic mass is 9.94. The van der Waals surface area contributed by atoms with Gasteiger partial charge in [-0.25, -0.2) is 9.79 Å². The van der Waals surface area contributed by atoms with Crippen molar-refractivity contribution in [3.8, 4) is 0 Å². The van der Waals surface area contributed by atoms with E-state index in [1.54, 1.807) is 14.0 Å². The number of nitrogens with zero attached hydrogens (tertiary/aromatic N) is 4. The first-order chi connectivity index (χ1) is 13.5. The molecule has 158 valence electrons. The lowest BCUT2D eigenvalue weighted by Gasteiger charge is -2.32. The number of unbranched alkanes of at least 4 members (excludes halogenated alkanes) is 1. The smallest absolute Gasteiger partial charge is 0.341 e. The molecular formula is C20H35N5O2S. The third-order valence-corrected chi connectivity index (χ3v) is 5.62. The molecule has 0 unspecified atom stereocenters. The van der Waals surface area contributed by atoms with Crippen molar-refractivity contribution in [2.75, 3.05) is 32.4 Å². The number of amides is 2. The van der Waals surface area contributed by atoms with Crippen molar-refractivity contribution in [3.63, 3.8) is 0 Å². The van der Waals surface area contributed by atoms with Gasteiger partial charge in [0.05, 0.1) is 10.8 Å². The molecule has 0 radical (unpaired) electrons. The van der Waals surface area contributed by atoms with Crippen molar-refractivity contribution in [1.29, 1.82) is 0 Å². The van der Waals surface area contributed by atoms with E-state index in [1.807, 2.05) is 13.1 Å². The molecule has 1 rings (SSSR count). The summed E-state index contributed by atoms with van der Waals surface area (Å²) in [5.74, 6) is 1.96. The molecule has 1 saturated heterocycles. The van der Waals surface area contributed by atoms with Gasteiger partial charge in [-0.1, -0.05) is 20.3 Å². The summed E-state index contributed by atoms with van der Waals surface area (Å²) >= 11 is 1.32. The highest BCUT2D eigenvalue weighted by Crippen LogP contribution is 2.20. The van der Waals surface area contributed by atoms with Crippen LogP contribution in [0.25, 0.3) is 0 Å². The van der Waals surface area contributed by atoms with E-state index in [1.165, 1.54) is 11.8 Å². The molecule has 0 bridgehead atoms. The zero-order chi connectivity index (χ0) is 20.8. The van der Waals surface area contributed by atoms with Crippen LogP contribution in [0.2, 0.25) is 0 Å². The van der Waals surface area contributed by atoms with Crippen molar-refractivity contribution in [3.05, 3.63) is 0 Å². The zero-order valence-electron chi connectivity index (χ0n) is 17.7. The fourth-order valence-electron chi connectivity index (χ4n) is 2.86. The Kier molecular flexibility index (Phi) is 12.4. The molecule has 2 amide bonds. The van der Waals surface area contributed by atoms with Crippen LogP contribution in [0, 0.1) is 5.92 Å². The minimum Gasteiger partial charge on any atom is -0.341 e. The number of rotatable bonds is 8. The molecule has 1 aliphatic heterocycles. The van der Waals surface area contributed by atoms with Crippen molar-refractivity contribution >= 4 is 40.8 Å². The molecule has 1 N–H and O–H groups in total. The molecule has 0 aromatic heterocycles. The van der Waals surface area contributed by atoms with Gasteiger partial charge in [0.15, 0.2) is 0 Å². The summed E-state index contributed by atoms with van der Waals surface area (Å²) in [4.78, 5) is 38.2. The quantitative estimate of drug-likeness (QED) is 0.488. The largest absolute Gasteiger partial charge is 0.341 e. The van der Waals surface area contributed by atoms with Crippen LogP contribution in [0.3, 0.4) is 0 Å². The van der Waals surface area contributed by atoms with E-state index >= 15 is 0 Å². The Morgan fingerprint density at radius 2 is 1.96 bits per heavy atom. The van der Waals surface area contributed by atoms with Gasteiger partial charge >= 0.3 is 6.03 Å². The number of ketones is 1. The number of urea groups is 1. The Labute approximate surface area is 173 Å². The molecule has 28 heavy (non-hydrogen) atoms. The summed E-state index contributed by atoms with van der Waals surface area (Å²) in [5, 5.41) is 3.48. The van der Waals surface area contributed by atoms with Crippen molar-refractivity contribution in [2.45, 2.75) is 59.3 Å². The number of guanidine groups is 1. The maximum atomic E-state index is 11.9. The van der Waals surface area contributed by atoms with Gasteiger partial charge in [-0.05, 0) is 38.5 Å². The van der Waals surface area contributed by atoms with Crippen LogP contribution < -0.4 is 5.32 Å². The fraction of sp³-hybridized carbons (Fsp3) is 0.750. The minimum atomic E-state index is -0.322. The van der Waals surface area contributed by atoms with E-state index < -0.39 is 0 Å². The highest BCUT2D eigenvalue weighted by atomic mass is 32.2. The second kappa shape index (κ2) is 14.3. The van der Waals surface area contributed by atoms with Gasteiger partial charge in [-0.15, -0.1) is 11.8 Å². The minimum absolute atomic E-state index is 0.165. The molecular weight excluding hydrogens is 374 g/mol. The van der Waals surface area contributed by atoms with Gasteiger partial charge in [0, 0.05) is 39.3 Å². The first kappa shape index (κ1) is 24.3. The Balaban J connectivity index is 2.27. The molecule has 1 aliphatic rings. The monoisotopic (exact) mass is 409 g/mol. The molecule has 0 saturated carbocycles. The Hall–Kier alpha value is -1.70. The number of Topliss-reactive ketones (excluding diaryl/α,β-unsaturated/α-hetero) is 1. The lowest BCUT2D eigenvalue weighted by molar-refractivity contribution is -0.116. The molecule has 1 fully saturated rings. The Morgan fingerprint density at radius 3 is 2.57 bits per heavy atom. The highest BCUT2D eigenvalue weighted by molar-refractivity contribution is 8.14. The lowest BCUT2D eigenvalue weighted by Crippen LogP contribution is -2.38. The van der Waals surface area contributed by atoms with Crippen LogP contribution >= 0.6 is 11.8 Å². The summed E-state index contributed by atoms with van der Waals surface area (Å²) in [6, 6.07) is -0.322. The first-order valence-electron chi connectivity index (χ1n) is 10.2. The van der Waals surface area contributed by atoms with Crippen molar-refractivity contribution in [1.82, 2.24) is 10.2 Å². The summed E-state index contributed by atoms with van der Waals surface area (Å²) < 4.78 is 0. The van der Waals surface area contributed by atoms with Gasteiger partial charge in [-0.3, -0.25) is 9.79 Å². The van der Waals surface area contributed by atoms with Crippen LogP contribution in [0.15, 0.2) is 15.0 Å². The van der Waals surface area contributed by atoms with E-state index in [0.29, 0.717) is 29.7 Å². The van der Waals surface area contributed by atoms with Crippen LogP contribution in [0.4, 0.5) is 4.79 Å². The van der Waals surface area contributed by atoms with E-state index in [-0.39, 0.29) is 11.8 Å². The van der Waals surface area contributed by atoms with E-state index in [4.69, 9.17) is 0 Å². The maximum absolute atomic E-state index is 11.9. The van der Waals surface area contributed by atoms with Gasteiger partial charge in [-0.2, -0.15) is 4.99 Å². The molecule has 8 heteroatoms. The molecule has 1 heterocycles. The van der Waals surface area contributed by atoms with Crippen molar-refractivity contribution in [2.24, 2.45) is 20.9 Å². The molecule has 0 atom stereocenters. The average molecular weight is 410 g/mol. The average Bonchev–Trinajstić information content (AvgIpc) is 2.70. The van der Waals surface area contributed by atoms with Crippen molar-refractivity contribution < 1.29 is 9.59 Å². The second-order valence-corrected chi connectivity index (χ2v) is 8.05. The normalized spacial score (nSPS) is 16.6. The number of hydrogen-bond acceptors (Lipinski definition) is 4. The van der Waals surface area contributed by atoms with E-state index in [9.17, 15) is 9.59 Å². The number of likely N-dealkylation sites (tertiary alicyclic amines) is 1. The fourth-order valence-corrected chi connectivity index (χ4v) is 3.58. The van der Waals surface area contributed by atoms with Gasteiger partial charge in [0.25, 0.3) is 0 Å². The third-order valence-electron chi connectivity index (χ3n) is 4.65. The number of thioether (sulfide) groups is 1. The van der Waals surface area contributed by atoms with Gasteiger partial charge in [0.2, 0.25) is 5.96 Å². The van der Waals surface area contributed by atoms with Crippen LogP contribution in [0.5, 0.6) is 0 Å². The van der Waals surface area contributed by atoms with E-state index in [0.717, 1.165) is 51.2 Å². The predicted molar refractivity (Wildman–Crippen MR) is 120 cm³/mol. The SMILES string of the molecule is CCCC=NC(=NC)N1CCC(CCNC(=O)N=C(C)SCC(=O)CC)CC1. The molecule has 0 aliphatic carbocycles. The topological polar surface area (TPSA) is 86.5 Å². The number of nitrogens with one attached hydrogen (secondary N) is 1. The third kappa shape index (κ3) is 10.0. The number of piperidine rings is 1. The molecule has 0 aromatic carbocycles. The molecule has 0 aromatic rings. The van der Waals surface area contributed by atoms with Crippen LogP contribution in [0.1, 0.15) is 59.3 Å². The molecule has 0 spiro atoms. The standard InChI is InChI=1S/C20H35N5O2S/c1-5-7-11-22-19(21-4)25-13-9-17(10-14-25)8-12-23-20(27)24-16(3)28-15-18(26)6-2/h11,17H,5-10,12-15H2,1-4H3,(H,23,27). The number of aliphatic imine (C=N–C) groups is 3. The number of carbonyl (C=O) groups is 2. The highest BCUT2D eigenvalue weighted by Gasteiger charge is 2.21. The van der Waals surface area contributed by atoms with Gasteiger partial charge in [0.1, 0.15) is 5.78 Å². The second-order valence-electron chi connectivity index (χ2n) is 6.89. The first-order valence-corrected chi connectivity index (χ1v) is 11.2. The summed E-state index contributed by atoms with van der Waals surface area (Å²) in [5.41, 5.74) is 0. The van der Waals surface area contributed by atoms with Crippen LogP contribution in [-0.2, 0) is 4.79 Å². The summed E-state index contributed by atoms with van der Waals surface area (Å²) in [7, 11) is 1.79. The van der Waals surface area contributed by atoms with Gasteiger partial charge < -0.3 is 10.2 Å². The number of carbonyl (C=O) groups excluding carboxylic acids is 2. The maximum Gasteiger partial charge on any atom is 0.341 e. The summed E-state index contributed by atoms with van der Waals surface area (Å²) in [6.45, 7) is 8.27. The van der Waals surface area contributed by atoms with E-state index in [2.05, 4.69) is 32.1 Å². The summed E-state index contributed by atoms with van der Waals surface area (Å²) in [6.07, 6.45) is 7.64. The number of hydrogen-bond donors (Lipinski definition) is 1. The molecule has 7 nitrogen and oxygen atoms in total. The predicted octanol–water partition coefficient (Wildman–Crippen LogP) is 3.79.